The number of nitrogens with one attached hydrogen (secondary N) is 1. The SMILES string of the molecule is CC(CCl)NC(=O)c1cccc(F)c1. The number of carbonyl (C=O) groups excluding carboxylic acids is 1. The van der Waals surface area contributed by atoms with E-state index in [1.54, 1.807) is 13.0 Å². The Morgan fingerprint density at radius 2 is 2.36 bits per heavy atom. The molecule has 1 amide bonds. The van der Waals surface area contributed by atoms with Gasteiger partial charge in [0.15, 0.2) is 0 Å². The lowest BCUT2D eigenvalue weighted by atomic mass is 10.2. The molecule has 0 saturated carbocycles. The summed E-state index contributed by atoms with van der Waals surface area (Å²) >= 11 is 5.53. The van der Waals surface area contributed by atoms with Crippen molar-refractivity contribution in [1.29, 1.82) is 0 Å². The van der Waals surface area contributed by atoms with Gasteiger partial charge in [-0.3, -0.25) is 4.79 Å². The molecule has 4 heteroatoms. The number of rotatable bonds is 3. The molecule has 0 aliphatic heterocycles. The van der Waals surface area contributed by atoms with Crippen molar-refractivity contribution in [2.24, 2.45) is 0 Å². The zero-order valence-corrected chi connectivity index (χ0v) is 8.51. The predicted molar refractivity (Wildman–Crippen MR) is 54.0 cm³/mol. The van der Waals surface area contributed by atoms with Crippen molar-refractivity contribution in [3.05, 3.63) is 35.6 Å². The van der Waals surface area contributed by atoms with E-state index in [0.717, 1.165) is 0 Å². The highest BCUT2D eigenvalue weighted by Crippen LogP contribution is 2.03. The molecule has 1 rings (SSSR count). The van der Waals surface area contributed by atoms with Gasteiger partial charge in [-0.1, -0.05) is 6.07 Å². The lowest BCUT2D eigenvalue weighted by Gasteiger charge is -2.10. The second-order valence-corrected chi connectivity index (χ2v) is 3.35. The molecule has 0 aliphatic carbocycles. The quantitative estimate of drug-likeness (QED) is 0.770. The Hall–Kier alpha value is -1.09. The molecular weight excluding hydrogens is 205 g/mol. The Bertz CT molecular complexity index is 330. The summed E-state index contributed by atoms with van der Waals surface area (Å²) in [5.41, 5.74) is 0.307. The summed E-state index contributed by atoms with van der Waals surface area (Å²) in [7, 11) is 0. The Morgan fingerprint density at radius 1 is 1.64 bits per heavy atom. The minimum absolute atomic E-state index is 0.118. The van der Waals surface area contributed by atoms with Crippen molar-refractivity contribution >= 4 is 17.5 Å². The van der Waals surface area contributed by atoms with Crippen LogP contribution in [0, 0.1) is 5.82 Å². The number of alkyl halides is 1. The molecule has 0 bridgehead atoms. The predicted octanol–water partition coefficient (Wildman–Crippen LogP) is 2.18. The summed E-state index contributed by atoms with van der Waals surface area (Å²) in [5, 5.41) is 2.64. The van der Waals surface area contributed by atoms with E-state index in [-0.39, 0.29) is 11.9 Å². The third kappa shape index (κ3) is 3.00. The van der Waals surface area contributed by atoms with E-state index < -0.39 is 5.82 Å². The molecule has 1 aromatic carbocycles. The molecule has 1 N–H and O–H groups in total. The fraction of sp³-hybridized carbons (Fsp3) is 0.300. The lowest BCUT2D eigenvalue weighted by molar-refractivity contribution is 0.0943. The molecule has 1 aromatic rings. The third-order valence-corrected chi connectivity index (χ3v) is 2.16. The Balaban J connectivity index is 2.70. The summed E-state index contributed by atoms with van der Waals surface area (Å²) < 4.78 is 12.7. The van der Waals surface area contributed by atoms with Gasteiger partial charge in [-0.25, -0.2) is 4.39 Å². The smallest absolute Gasteiger partial charge is 0.251 e. The zero-order valence-electron chi connectivity index (χ0n) is 7.76. The molecule has 0 aliphatic rings. The van der Waals surface area contributed by atoms with Crippen LogP contribution >= 0.6 is 11.6 Å². The Kier molecular flexibility index (Phi) is 3.89. The second-order valence-electron chi connectivity index (χ2n) is 3.04. The number of halogens is 2. The van der Waals surface area contributed by atoms with E-state index in [1.165, 1.54) is 18.2 Å². The molecule has 0 aromatic heterocycles. The number of hydrogen-bond acceptors (Lipinski definition) is 1. The van der Waals surface area contributed by atoms with E-state index in [4.69, 9.17) is 11.6 Å². The third-order valence-electron chi connectivity index (χ3n) is 1.70. The van der Waals surface area contributed by atoms with E-state index >= 15 is 0 Å². The molecule has 76 valence electrons. The molecule has 1 unspecified atom stereocenters. The molecular formula is C10H11ClFNO. The topological polar surface area (TPSA) is 29.1 Å². The highest BCUT2D eigenvalue weighted by Gasteiger charge is 2.08. The normalized spacial score (nSPS) is 12.2. The van der Waals surface area contributed by atoms with Crippen LogP contribution in [-0.4, -0.2) is 17.8 Å². The summed E-state index contributed by atoms with van der Waals surface area (Å²) in [6.07, 6.45) is 0. The van der Waals surface area contributed by atoms with Gasteiger partial charge in [-0.15, -0.1) is 11.6 Å². The highest BCUT2D eigenvalue weighted by atomic mass is 35.5. The number of amides is 1. The van der Waals surface area contributed by atoms with Crippen LogP contribution < -0.4 is 5.32 Å². The fourth-order valence-electron chi connectivity index (χ4n) is 0.975. The second kappa shape index (κ2) is 4.96. The average Bonchev–Trinajstić information content (AvgIpc) is 2.17. The van der Waals surface area contributed by atoms with Crippen LogP contribution in [0.25, 0.3) is 0 Å². The molecule has 14 heavy (non-hydrogen) atoms. The van der Waals surface area contributed by atoms with Gasteiger partial charge in [-0.05, 0) is 25.1 Å². The average molecular weight is 216 g/mol. The highest BCUT2D eigenvalue weighted by molar-refractivity contribution is 6.18. The largest absolute Gasteiger partial charge is 0.348 e. The van der Waals surface area contributed by atoms with Crippen LogP contribution in [0.3, 0.4) is 0 Å². The molecule has 0 radical (unpaired) electrons. The monoisotopic (exact) mass is 215 g/mol. The van der Waals surface area contributed by atoms with E-state index in [0.29, 0.717) is 11.4 Å². The van der Waals surface area contributed by atoms with Crippen molar-refractivity contribution in [1.82, 2.24) is 5.32 Å². The van der Waals surface area contributed by atoms with Crippen LogP contribution in [0.2, 0.25) is 0 Å². The van der Waals surface area contributed by atoms with Crippen molar-refractivity contribution in [2.75, 3.05) is 5.88 Å². The molecule has 0 heterocycles. The lowest BCUT2D eigenvalue weighted by Crippen LogP contribution is -2.33. The van der Waals surface area contributed by atoms with Gasteiger partial charge in [0.2, 0.25) is 0 Å². The van der Waals surface area contributed by atoms with Crippen molar-refractivity contribution in [3.8, 4) is 0 Å². The first-order valence-electron chi connectivity index (χ1n) is 4.26. The van der Waals surface area contributed by atoms with Crippen molar-refractivity contribution in [3.63, 3.8) is 0 Å². The van der Waals surface area contributed by atoms with E-state index in [2.05, 4.69) is 5.32 Å². The first-order chi connectivity index (χ1) is 6.63. The van der Waals surface area contributed by atoms with E-state index in [1.807, 2.05) is 0 Å². The minimum atomic E-state index is -0.420. The van der Waals surface area contributed by atoms with Crippen LogP contribution in [-0.2, 0) is 0 Å². The summed E-state index contributed by atoms with van der Waals surface area (Å²) in [6.45, 7) is 1.78. The van der Waals surface area contributed by atoms with Gasteiger partial charge in [0.25, 0.3) is 5.91 Å². The maximum absolute atomic E-state index is 12.7. The minimum Gasteiger partial charge on any atom is -0.348 e. The molecule has 0 spiro atoms. The van der Waals surface area contributed by atoms with E-state index in [9.17, 15) is 9.18 Å². The van der Waals surface area contributed by atoms with Crippen LogP contribution in [0.1, 0.15) is 17.3 Å². The van der Waals surface area contributed by atoms with Gasteiger partial charge in [0.1, 0.15) is 5.82 Å². The maximum atomic E-state index is 12.7. The first kappa shape index (κ1) is 11.0. The molecule has 0 saturated heterocycles. The first-order valence-corrected chi connectivity index (χ1v) is 4.79. The van der Waals surface area contributed by atoms with Crippen molar-refractivity contribution < 1.29 is 9.18 Å². The summed E-state index contributed by atoms with van der Waals surface area (Å²) in [5.74, 6) is -0.394. The number of carbonyl (C=O) groups is 1. The number of benzene rings is 1. The zero-order chi connectivity index (χ0) is 10.6. The van der Waals surface area contributed by atoms with Gasteiger partial charge in [-0.2, -0.15) is 0 Å². The molecule has 0 fully saturated rings. The maximum Gasteiger partial charge on any atom is 0.251 e. The van der Waals surface area contributed by atoms with Crippen LogP contribution in [0.5, 0.6) is 0 Å². The Morgan fingerprint density at radius 3 is 2.93 bits per heavy atom. The standard InChI is InChI=1S/C10H11ClFNO/c1-7(6-11)13-10(14)8-3-2-4-9(12)5-8/h2-5,7H,6H2,1H3,(H,13,14). The van der Waals surface area contributed by atoms with Crippen LogP contribution in [0.15, 0.2) is 24.3 Å². The van der Waals surface area contributed by atoms with Gasteiger partial charge >= 0.3 is 0 Å². The molecule has 2 nitrogen and oxygen atoms in total. The molecule has 1 atom stereocenters. The summed E-state index contributed by atoms with van der Waals surface area (Å²) in [4.78, 5) is 11.4. The van der Waals surface area contributed by atoms with Crippen molar-refractivity contribution in [2.45, 2.75) is 13.0 Å². The summed E-state index contributed by atoms with van der Waals surface area (Å²) in [6, 6.07) is 5.42. The fourth-order valence-corrected chi connectivity index (χ4v) is 1.05. The van der Waals surface area contributed by atoms with Crippen LogP contribution in [0.4, 0.5) is 4.39 Å². The van der Waals surface area contributed by atoms with Gasteiger partial charge in [0.05, 0.1) is 0 Å². The Labute approximate surface area is 87.1 Å². The number of hydrogen-bond donors (Lipinski definition) is 1. The van der Waals surface area contributed by atoms with Gasteiger partial charge in [0, 0.05) is 17.5 Å². The van der Waals surface area contributed by atoms with Gasteiger partial charge < -0.3 is 5.32 Å².